The summed E-state index contributed by atoms with van der Waals surface area (Å²) in [5.41, 5.74) is 9.11. The number of hydrogen-bond acceptors (Lipinski definition) is 5. The fourth-order valence-corrected chi connectivity index (χ4v) is 2.28. The molecule has 2 aromatic carbocycles. The molecule has 0 aliphatic rings. The van der Waals surface area contributed by atoms with Crippen molar-refractivity contribution in [3.63, 3.8) is 0 Å². The molecular formula is C17H14N4O2. The second-order valence-corrected chi connectivity index (χ2v) is 5.07. The molecular weight excluding hydrogens is 292 g/mol. The number of non-ortho nitro benzene ring substituents is 1. The van der Waals surface area contributed by atoms with Crippen LogP contribution in [0.4, 0.5) is 11.4 Å². The number of nitro benzene ring substituents is 1. The number of rotatable bonds is 3. The normalized spacial score (nSPS) is 10.5. The Labute approximate surface area is 132 Å². The lowest BCUT2D eigenvalue weighted by molar-refractivity contribution is -0.384. The lowest BCUT2D eigenvalue weighted by Gasteiger charge is -2.10. The molecule has 1 heterocycles. The molecule has 0 spiro atoms. The maximum Gasteiger partial charge on any atom is 0.270 e. The van der Waals surface area contributed by atoms with Gasteiger partial charge in [0, 0.05) is 23.3 Å². The van der Waals surface area contributed by atoms with Gasteiger partial charge >= 0.3 is 0 Å². The maximum atomic E-state index is 11.0. The average Bonchev–Trinajstić information content (AvgIpc) is 2.58. The molecule has 0 saturated heterocycles. The number of aromatic nitrogens is 2. The molecule has 23 heavy (non-hydrogen) atoms. The monoisotopic (exact) mass is 306 g/mol. The van der Waals surface area contributed by atoms with Crippen LogP contribution in [-0.4, -0.2) is 14.9 Å². The summed E-state index contributed by atoms with van der Waals surface area (Å²) < 4.78 is 0. The first kappa shape index (κ1) is 14.6. The predicted molar refractivity (Wildman–Crippen MR) is 88.7 cm³/mol. The first-order chi connectivity index (χ1) is 11.1. The van der Waals surface area contributed by atoms with Gasteiger partial charge in [-0.05, 0) is 6.92 Å². The van der Waals surface area contributed by atoms with Gasteiger partial charge in [-0.3, -0.25) is 10.1 Å². The van der Waals surface area contributed by atoms with E-state index >= 15 is 0 Å². The van der Waals surface area contributed by atoms with E-state index in [1.807, 2.05) is 30.3 Å². The highest BCUT2D eigenvalue weighted by atomic mass is 16.6. The Hall–Kier alpha value is -3.28. The number of nitrogens with two attached hydrogens (primary N) is 1. The van der Waals surface area contributed by atoms with E-state index in [-0.39, 0.29) is 5.69 Å². The van der Waals surface area contributed by atoms with Gasteiger partial charge in [-0.25, -0.2) is 9.97 Å². The molecule has 3 aromatic rings. The Morgan fingerprint density at radius 3 is 2.39 bits per heavy atom. The molecule has 0 saturated carbocycles. The third kappa shape index (κ3) is 2.87. The van der Waals surface area contributed by atoms with E-state index in [9.17, 15) is 10.1 Å². The molecule has 0 aliphatic carbocycles. The molecule has 1 aromatic heterocycles. The molecule has 6 nitrogen and oxygen atoms in total. The summed E-state index contributed by atoms with van der Waals surface area (Å²) in [7, 11) is 0. The first-order valence-corrected chi connectivity index (χ1v) is 7.00. The van der Waals surface area contributed by atoms with Crippen molar-refractivity contribution < 1.29 is 4.92 Å². The van der Waals surface area contributed by atoms with Crippen LogP contribution in [0, 0.1) is 17.0 Å². The Balaban J connectivity index is 2.18. The van der Waals surface area contributed by atoms with E-state index in [0.717, 1.165) is 5.56 Å². The van der Waals surface area contributed by atoms with Crippen LogP contribution in [0.25, 0.3) is 22.6 Å². The molecule has 0 unspecified atom stereocenters. The number of anilines is 1. The summed E-state index contributed by atoms with van der Waals surface area (Å²) in [4.78, 5) is 19.5. The van der Waals surface area contributed by atoms with Gasteiger partial charge in [-0.15, -0.1) is 0 Å². The van der Waals surface area contributed by atoms with Crippen LogP contribution in [0.15, 0.2) is 54.6 Å². The first-order valence-electron chi connectivity index (χ1n) is 7.00. The summed E-state index contributed by atoms with van der Waals surface area (Å²) in [6.07, 6.45) is 0. The second-order valence-electron chi connectivity index (χ2n) is 5.07. The van der Waals surface area contributed by atoms with Gasteiger partial charge in [0.25, 0.3) is 5.69 Å². The van der Waals surface area contributed by atoms with Crippen molar-refractivity contribution in [1.29, 1.82) is 0 Å². The van der Waals surface area contributed by atoms with Crippen molar-refractivity contribution in [2.45, 2.75) is 6.92 Å². The minimum atomic E-state index is -0.439. The highest BCUT2D eigenvalue weighted by Gasteiger charge is 2.14. The lowest BCUT2D eigenvalue weighted by atomic mass is 10.1. The summed E-state index contributed by atoms with van der Waals surface area (Å²) in [5.74, 6) is 0.541. The van der Waals surface area contributed by atoms with E-state index in [1.54, 1.807) is 19.1 Å². The molecule has 0 aliphatic heterocycles. The SMILES string of the molecule is Cc1nc(-c2ccccc2)nc(-c2cccc([N+](=O)[O-])c2)c1N. The number of nitro groups is 1. The van der Waals surface area contributed by atoms with Crippen LogP contribution in [0.1, 0.15) is 5.69 Å². The summed E-state index contributed by atoms with van der Waals surface area (Å²) in [6, 6.07) is 15.8. The predicted octanol–water partition coefficient (Wildman–Crippen LogP) is 3.61. The Morgan fingerprint density at radius 2 is 1.70 bits per heavy atom. The quantitative estimate of drug-likeness (QED) is 0.589. The molecule has 0 fully saturated rings. The Kier molecular flexibility index (Phi) is 3.72. The molecule has 0 atom stereocenters. The van der Waals surface area contributed by atoms with Gasteiger partial charge < -0.3 is 5.73 Å². The maximum absolute atomic E-state index is 11.0. The highest BCUT2D eigenvalue weighted by molar-refractivity contribution is 5.77. The third-order valence-corrected chi connectivity index (χ3v) is 3.50. The number of hydrogen-bond donors (Lipinski definition) is 1. The molecule has 3 rings (SSSR count). The van der Waals surface area contributed by atoms with Gasteiger partial charge in [0.2, 0.25) is 0 Å². The van der Waals surface area contributed by atoms with Crippen LogP contribution in [0.2, 0.25) is 0 Å². The summed E-state index contributed by atoms with van der Waals surface area (Å²) in [6.45, 7) is 1.80. The summed E-state index contributed by atoms with van der Waals surface area (Å²) in [5, 5.41) is 11.0. The number of nitrogen functional groups attached to an aromatic ring is 1. The molecule has 0 amide bonds. The third-order valence-electron chi connectivity index (χ3n) is 3.50. The Bertz CT molecular complexity index is 879. The standard InChI is InChI=1S/C17H14N4O2/c1-11-15(18)16(13-8-5-9-14(10-13)21(22)23)20-17(19-11)12-6-3-2-4-7-12/h2-10H,18H2,1H3. The molecule has 6 heteroatoms. The minimum absolute atomic E-state index is 0.000531. The molecule has 0 radical (unpaired) electrons. The zero-order valence-electron chi connectivity index (χ0n) is 12.4. The second kappa shape index (κ2) is 5.84. The topological polar surface area (TPSA) is 94.9 Å². The van der Waals surface area contributed by atoms with Crippen molar-refractivity contribution in [2.24, 2.45) is 0 Å². The molecule has 0 bridgehead atoms. The van der Waals surface area contributed by atoms with Crippen molar-refractivity contribution >= 4 is 11.4 Å². The molecule has 2 N–H and O–H groups in total. The zero-order valence-corrected chi connectivity index (χ0v) is 12.4. The highest BCUT2D eigenvalue weighted by Crippen LogP contribution is 2.30. The zero-order chi connectivity index (χ0) is 16.4. The van der Waals surface area contributed by atoms with Gasteiger partial charge in [0.1, 0.15) is 0 Å². The molecule has 114 valence electrons. The largest absolute Gasteiger partial charge is 0.395 e. The van der Waals surface area contributed by atoms with Gasteiger partial charge in [0.05, 0.1) is 22.0 Å². The van der Waals surface area contributed by atoms with Crippen molar-refractivity contribution in [2.75, 3.05) is 5.73 Å². The van der Waals surface area contributed by atoms with Crippen LogP contribution in [0.5, 0.6) is 0 Å². The minimum Gasteiger partial charge on any atom is -0.395 e. The van der Waals surface area contributed by atoms with E-state index in [2.05, 4.69) is 9.97 Å². The van der Waals surface area contributed by atoms with Crippen molar-refractivity contribution in [3.05, 3.63) is 70.4 Å². The summed E-state index contributed by atoms with van der Waals surface area (Å²) >= 11 is 0. The number of nitrogens with zero attached hydrogens (tertiary/aromatic N) is 3. The van der Waals surface area contributed by atoms with Crippen LogP contribution in [-0.2, 0) is 0 Å². The van der Waals surface area contributed by atoms with Gasteiger partial charge in [-0.1, -0.05) is 42.5 Å². The van der Waals surface area contributed by atoms with E-state index in [4.69, 9.17) is 5.73 Å². The fraction of sp³-hybridized carbons (Fsp3) is 0.0588. The van der Waals surface area contributed by atoms with E-state index < -0.39 is 4.92 Å². The van der Waals surface area contributed by atoms with Crippen LogP contribution >= 0.6 is 0 Å². The van der Waals surface area contributed by atoms with Crippen LogP contribution < -0.4 is 5.73 Å². The van der Waals surface area contributed by atoms with Crippen molar-refractivity contribution in [3.8, 4) is 22.6 Å². The van der Waals surface area contributed by atoms with Gasteiger partial charge in [-0.2, -0.15) is 0 Å². The average molecular weight is 306 g/mol. The van der Waals surface area contributed by atoms with E-state index in [0.29, 0.717) is 28.5 Å². The van der Waals surface area contributed by atoms with Crippen LogP contribution in [0.3, 0.4) is 0 Å². The number of aryl methyl sites for hydroxylation is 1. The lowest BCUT2D eigenvalue weighted by Crippen LogP contribution is -2.02. The van der Waals surface area contributed by atoms with Crippen molar-refractivity contribution in [1.82, 2.24) is 9.97 Å². The number of benzene rings is 2. The van der Waals surface area contributed by atoms with E-state index in [1.165, 1.54) is 12.1 Å². The Morgan fingerprint density at radius 1 is 1.00 bits per heavy atom. The fourth-order valence-electron chi connectivity index (χ4n) is 2.28. The smallest absolute Gasteiger partial charge is 0.270 e. The van der Waals surface area contributed by atoms with Gasteiger partial charge in [0.15, 0.2) is 5.82 Å².